The van der Waals surface area contributed by atoms with E-state index in [4.69, 9.17) is 39.7 Å². The van der Waals surface area contributed by atoms with E-state index < -0.39 is 29.7 Å². The van der Waals surface area contributed by atoms with E-state index in [9.17, 15) is 29.2 Å². The molecule has 0 radical (unpaired) electrons. The number of rotatable bonds is 20. The number of ether oxygens (including phenoxy) is 5. The number of imide groups is 2. The maximum Gasteiger partial charge on any atom is 0.262 e. The van der Waals surface area contributed by atoms with Gasteiger partial charge in [-0.25, -0.2) is 4.98 Å². The van der Waals surface area contributed by atoms with Gasteiger partial charge in [0.25, 0.3) is 11.8 Å². The van der Waals surface area contributed by atoms with E-state index in [1.54, 1.807) is 65.8 Å². The molecular weight excluding hydrogens is 872 g/mol. The number of amides is 4. The SMILES string of the molecule is CCOc1cc2oc(-c3ccc(NCCOCCOCCOCCOc4ccc5c(c4)C(=O)N(C4CCC(=O)NC4=O)C5=O)cc3Cl)cc(=O)c2cc1-c1cc(C#N)cc(-n2ccnc2)c1. The van der Waals surface area contributed by atoms with Gasteiger partial charge in [-0.3, -0.25) is 34.2 Å². The first-order valence-electron chi connectivity index (χ1n) is 21.2. The van der Waals surface area contributed by atoms with Gasteiger partial charge < -0.3 is 38.0 Å². The van der Waals surface area contributed by atoms with Crippen molar-refractivity contribution >= 4 is 51.9 Å². The number of hydrogen-bond donors (Lipinski definition) is 2. The van der Waals surface area contributed by atoms with Gasteiger partial charge in [0.2, 0.25) is 11.8 Å². The minimum Gasteiger partial charge on any atom is -0.493 e. The van der Waals surface area contributed by atoms with E-state index in [1.807, 2.05) is 19.1 Å². The highest BCUT2D eigenvalue weighted by atomic mass is 35.5. The second-order valence-electron chi connectivity index (χ2n) is 15.1. The number of imidazole rings is 1. The van der Waals surface area contributed by atoms with Crippen LogP contribution >= 0.6 is 11.6 Å². The number of carbonyl (C=O) groups is 4. The molecule has 4 aromatic carbocycles. The molecule has 4 amide bonds. The summed E-state index contributed by atoms with van der Waals surface area (Å²) in [5.74, 6) is -1.12. The van der Waals surface area contributed by atoms with Gasteiger partial charge >= 0.3 is 0 Å². The smallest absolute Gasteiger partial charge is 0.262 e. The number of nitrogens with zero attached hydrogens (tertiary/aromatic N) is 4. The minimum absolute atomic E-state index is 0.0466. The normalized spacial score (nSPS) is 14.6. The predicted octanol–water partition coefficient (Wildman–Crippen LogP) is 6.18. The fraction of sp³-hybridized carbons (Fsp3) is 0.271. The molecule has 17 nitrogen and oxygen atoms in total. The Bertz CT molecular complexity index is 2910. The van der Waals surface area contributed by atoms with Gasteiger partial charge in [-0.15, -0.1) is 0 Å². The highest BCUT2D eigenvalue weighted by Gasteiger charge is 2.44. The van der Waals surface area contributed by atoms with Crippen LogP contribution in [0.3, 0.4) is 0 Å². The van der Waals surface area contributed by atoms with Crippen molar-refractivity contribution in [1.82, 2.24) is 19.8 Å². The van der Waals surface area contributed by atoms with Crippen LogP contribution in [0.5, 0.6) is 11.5 Å². The summed E-state index contributed by atoms with van der Waals surface area (Å²) in [4.78, 5) is 68.3. The first-order valence-corrected chi connectivity index (χ1v) is 21.5. The summed E-state index contributed by atoms with van der Waals surface area (Å²) in [6.45, 7) is 4.98. The Morgan fingerprint density at radius 1 is 0.833 bits per heavy atom. The summed E-state index contributed by atoms with van der Waals surface area (Å²) in [6.07, 6.45) is 5.21. The summed E-state index contributed by atoms with van der Waals surface area (Å²) in [5, 5.41) is 15.9. The maximum atomic E-state index is 13.6. The van der Waals surface area contributed by atoms with Crippen molar-refractivity contribution in [3.63, 3.8) is 0 Å². The van der Waals surface area contributed by atoms with Gasteiger partial charge in [-0.2, -0.15) is 5.26 Å². The average molecular weight is 915 g/mol. The van der Waals surface area contributed by atoms with Gasteiger partial charge in [0.1, 0.15) is 35.5 Å². The first kappa shape index (κ1) is 45.2. The lowest BCUT2D eigenvalue weighted by Gasteiger charge is -2.27. The van der Waals surface area contributed by atoms with Crippen LogP contribution in [0, 0.1) is 11.3 Å². The Morgan fingerprint density at radius 3 is 2.32 bits per heavy atom. The zero-order chi connectivity index (χ0) is 46.2. The quantitative estimate of drug-likeness (QED) is 0.0647. The van der Waals surface area contributed by atoms with Crippen molar-refractivity contribution in [2.24, 2.45) is 0 Å². The summed E-state index contributed by atoms with van der Waals surface area (Å²) in [5.41, 5.74) is 4.17. The third-order valence-corrected chi connectivity index (χ3v) is 11.1. The summed E-state index contributed by atoms with van der Waals surface area (Å²) in [6, 6.07) is 21.3. The van der Waals surface area contributed by atoms with Crippen LogP contribution in [0.2, 0.25) is 5.02 Å². The molecule has 1 fully saturated rings. The van der Waals surface area contributed by atoms with Crippen LogP contribution in [0.25, 0.3) is 39.1 Å². The monoisotopic (exact) mass is 914 g/mol. The standard InChI is InChI=1S/C48H43ClN6O11/c1-2-64-42-26-44-38(24-36(42)30-19-29(27-50)20-32(21-30)54-11-9-51-28-54)41(56)25-43(66-44)35-5-3-31(22-39(35)49)52-10-12-61-13-14-62-15-16-63-17-18-65-33-4-6-34-37(23-33)48(60)55(47(34)59)40-7-8-45(57)53-46(40)58/h3-6,9,11,19-26,28,40,52H,2,7-8,10,12-18H2,1H3,(H,53,57,58). The fourth-order valence-corrected chi connectivity index (χ4v) is 7.87. The minimum atomic E-state index is -1.03. The van der Waals surface area contributed by atoms with E-state index in [0.717, 1.165) is 16.3 Å². The molecule has 1 atom stereocenters. The van der Waals surface area contributed by atoms with Crippen LogP contribution in [-0.4, -0.2) is 104 Å². The zero-order valence-corrected chi connectivity index (χ0v) is 36.4. The number of carbonyl (C=O) groups excluding carboxylic acids is 4. The Morgan fingerprint density at radius 2 is 1.59 bits per heavy atom. The fourth-order valence-electron chi connectivity index (χ4n) is 7.60. The van der Waals surface area contributed by atoms with E-state index in [2.05, 4.69) is 21.7 Å². The molecule has 18 heteroatoms. The van der Waals surface area contributed by atoms with E-state index in [-0.39, 0.29) is 42.6 Å². The number of halogens is 1. The van der Waals surface area contributed by atoms with E-state index in [1.165, 1.54) is 18.2 Å². The molecule has 2 aromatic heterocycles. The average Bonchev–Trinajstić information content (AvgIpc) is 3.94. The molecule has 2 N–H and O–H groups in total. The molecule has 4 heterocycles. The Hall–Kier alpha value is -7.36. The van der Waals surface area contributed by atoms with Crippen molar-refractivity contribution in [2.75, 3.05) is 64.7 Å². The highest BCUT2D eigenvalue weighted by molar-refractivity contribution is 6.33. The van der Waals surface area contributed by atoms with Crippen molar-refractivity contribution < 1.29 is 47.3 Å². The number of nitriles is 1. The zero-order valence-electron chi connectivity index (χ0n) is 35.7. The molecule has 1 saturated heterocycles. The molecule has 1 unspecified atom stereocenters. The number of aromatic nitrogens is 2. The number of benzene rings is 4. The van der Waals surface area contributed by atoms with Gasteiger partial charge in [0, 0.05) is 60.0 Å². The molecule has 6 aromatic rings. The lowest BCUT2D eigenvalue weighted by Crippen LogP contribution is -2.54. The highest BCUT2D eigenvalue weighted by Crippen LogP contribution is 2.38. The van der Waals surface area contributed by atoms with Crippen LogP contribution in [0.15, 0.2) is 101 Å². The molecule has 8 rings (SSSR count). The molecule has 0 bridgehead atoms. The molecular formula is C48H43ClN6O11. The van der Waals surface area contributed by atoms with E-state index in [0.29, 0.717) is 102 Å². The van der Waals surface area contributed by atoms with Crippen molar-refractivity contribution in [1.29, 1.82) is 5.26 Å². The number of hydrogen-bond acceptors (Lipinski definition) is 14. The second-order valence-corrected chi connectivity index (χ2v) is 15.5. The van der Waals surface area contributed by atoms with Gasteiger partial charge in [0.05, 0.1) is 85.7 Å². The molecule has 66 heavy (non-hydrogen) atoms. The number of anilines is 1. The number of fused-ring (bicyclic) bond motifs is 2. The van der Waals surface area contributed by atoms with Gasteiger partial charge in [-0.05, 0) is 79.6 Å². The third-order valence-electron chi connectivity index (χ3n) is 10.8. The third kappa shape index (κ3) is 10.1. The van der Waals surface area contributed by atoms with Crippen LogP contribution in [0.1, 0.15) is 46.0 Å². The molecule has 0 saturated carbocycles. The van der Waals surface area contributed by atoms with Crippen molar-refractivity contribution in [3.8, 4) is 45.7 Å². The molecule has 0 spiro atoms. The van der Waals surface area contributed by atoms with Crippen LogP contribution < -0.4 is 25.5 Å². The summed E-state index contributed by atoms with van der Waals surface area (Å²) in [7, 11) is 0. The van der Waals surface area contributed by atoms with Crippen molar-refractivity contribution in [3.05, 3.63) is 123 Å². The number of piperidine rings is 1. The Labute approximate surface area is 382 Å². The lowest BCUT2D eigenvalue weighted by molar-refractivity contribution is -0.136. The Kier molecular flexibility index (Phi) is 14.1. The second kappa shape index (κ2) is 20.6. The van der Waals surface area contributed by atoms with Gasteiger partial charge in [-0.1, -0.05) is 11.6 Å². The maximum absolute atomic E-state index is 13.6. The molecule has 338 valence electrons. The lowest BCUT2D eigenvalue weighted by atomic mass is 9.99. The number of nitrogens with one attached hydrogen (secondary N) is 2. The Balaban J connectivity index is 0.748. The topological polar surface area (TPSA) is 214 Å². The van der Waals surface area contributed by atoms with Crippen LogP contribution in [0.4, 0.5) is 5.69 Å². The molecule has 0 aliphatic carbocycles. The van der Waals surface area contributed by atoms with Crippen molar-refractivity contribution in [2.45, 2.75) is 25.8 Å². The molecule has 2 aliphatic heterocycles. The van der Waals surface area contributed by atoms with Crippen LogP contribution in [-0.2, 0) is 23.8 Å². The van der Waals surface area contributed by atoms with Gasteiger partial charge in [0.15, 0.2) is 5.43 Å². The largest absolute Gasteiger partial charge is 0.493 e. The molecule has 2 aliphatic rings. The first-order chi connectivity index (χ1) is 32.1. The summed E-state index contributed by atoms with van der Waals surface area (Å²) < 4.78 is 36.6. The predicted molar refractivity (Wildman–Crippen MR) is 241 cm³/mol. The summed E-state index contributed by atoms with van der Waals surface area (Å²) >= 11 is 6.71. The van der Waals surface area contributed by atoms with E-state index >= 15 is 0 Å².